The van der Waals surface area contributed by atoms with E-state index < -0.39 is 0 Å². The number of rotatable bonds is 7. The molecule has 0 radical (unpaired) electrons. The van der Waals surface area contributed by atoms with Crippen molar-refractivity contribution < 1.29 is 9.59 Å². The molecule has 0 fully saturated rings. The molecule has 0 unspecified atom stereocenters. The maximum Gasteiger partial charge on any atom is 0.257 e. The summed E-state index contributed by atoms with van der Waals surface area (Å²) in [6, 6.07) is 14.5. The Morgan fingerprint density at radius 1 is 0.931 bits per heavy atom. The highest BCUT2D eigenvalue weighted by Crippen LogP contribution is 2.16. The van der Waals surface area contributed by atoms with Crippen molar-refractivity contribution in [1.29, 1.82) is 0 Å². The molecule has 1 aromatic carbocycles. The van der Waals surface area contributed by atoms with Crippen LogP contribution in [0.5, 0.6) is 0 Å². The first-order chi connectivity index (χ1) is 14.0. The van der Waals surface area contributed by atoms with Crippen LogP contribution < -0.4 is 15.5 Å². The summed E-state index contributed by atoms with van der Waals surface area (Å²) >= 11 is 0. The molecule has 0 aliphatic rings. The summed E-state index contributed by atoms with van der Waals surface area (Å²) in [5.41, 5.74) is 3.01. The average Bonchev–Trinajstić information content (AvgIpc) is 2.74. The number of nitrogens with one attached hydrogen (secondary N) is 2. The van der Waals surface area contributed by atoms with Gasteiger partial charge in [-0.15, -0.1) is 0 Å². The lowest BCUT2D eigenvalue weighted by atomic mass is 10.2. The lowest BCUT2D eigenvalue weighted by Crippen LogP contribution is -2.21. The van der Waals surface area contributed by atoms with Gasteiger partial charge in [-0.05, 0) is 60.5 Å². The SMILES string of the molecule is CC(=O)Nc1ccc(NC(=O)c2ccc(N(C)CCc3ccncc3)nc2)cc1. The van der Waals surface area contributed by atoms with Crippen LogP contribution in [0.4, 0.5) is 17.2 Å². The Morgan fingerprint density at radius 2 is 1.59 bits per heavy atom. The predicted molar refractivity (Wildman–Crippen MR) is 114 cm³/mol. The van der Waals surface area contributed by atoms with Gasteiger partial charge in [0.15, 0.2) is 0 Å². The van der Waals surface area contributed by atoms with Gasteiger partial charge in [0.05, 0.1) is 5.56 Å². The Balaban J connectivity index is 1.56. The van der Waals surface area contributed by atoms with Gasteiger partial charge in [-0.2, -0.15) is 0 Å². The fourth-order valence-corrected chi connectivity index (χ4v) is 2.75. The van der Waals surface area contributed by atoms with Crippen molar-refractivity contribution in [3.63, 3.8) is 0 Å². The van der Waals surface area contributed by atoms with E-state index in [4.69, 9.17) is 0 Å². The first kappa shape index (κ1) is 20.0. The summed E-state index contributed by atoms with van der Waals surface area (Å²) in [5, 5.41) is 5.51. The Bertz CT molecular complexity index is 957. The quantitative estimate of drug-likeness (QED) is 0.647. The fraction of sp³-hybridized carbons (Fsp3) is 0.182. The molecule has 3 aromatic rings. The molecular weight excluding hydrogens is 366 g/mol. The molecule has 0 saturated heterocycles. The topological polar surface area (TPSA) is 87.2 Å². The van der Waals surface area contributed by atoms with E-state index >= 15 is 0 Å². The molecule has 0 aliphatic carbocycles. The van der Waals surface area contributed by atoms with E-state index in [1.165, 1.54) is 12.5 Å². The summed E-state index contributed by atoms with van der Waals surface area (Å²) in [6.07, 6.45) is 6.03. The zero-order chi connectivity index (χ0) is 20.6. The van der Waals surface area contributed by atoms with Crippen LogP contribution in [0.1, 0.15) is 22.8 Å². The zero-order valence-corrected chi connectivity index (χ0v) is 16.4. The van der Waals surface area contributed by atoms with Crippen molar-refractivity contribution in [3.8, 4) is 0 Å². The highest BCUT2D eigenvalue weighted by Gasteiger charge is 2.09. The molecule has 7 nitrogen and oxygen atoms in total. The molecule has 2 aromatic heterocycles. The van der Waals surface area contributed by atoms with Gasteiger partial charge in [0.25, 0.3) is 5.91 Å². The minimum absolute atomic E-state index is 0.140. The third-order valence-electron chi connectivity index (χ3n) is 4.35. The number of aromatic nitrogens is 2. The number of pyridine rings is 2. The van der Waals surface area contributed by atoms with E-state index in [-0.39, 0.29) is 11.8 Å². The van der Waals surface area contributed by atoms with Gasteiger partial charge in [-0.3, -0.25) is 14.6 Å². The highest BCUT2D eigenvalue weighted by molar-refractivity contribution is 6.04. The number of benzene rings is 1. The number of anilines is 3. The molecule has 29 heavy (non-hydrogen) atoms. The van der Waals surface area contributed by atoms with Crippen LogP contribution in [-0.4, -0.2) is 35.4 Å². The number of nitrogens with zero attached hydrogens (tertiary/aromatic N) is 3. The second-order valence-electron chi connectivity index (χ2n) is 6.64. The Hall–Kier alpha value is -3.74. The first-order valence-electron chi connectivity index (χ1n) is 9.26. The largest absolute Gasteiger partial charge is 0.359 e. The summed E-state index contributed by atoms with van der Waals surface area (Å²) < 4.78 is 0. The van der Waals surface area contributed by atoms with E-state index in [1.807, 2.05) is 30.1 Å². The maximum atomic E-state index is 12.4. The van der Waals surface area contributed by atoms with E-state index in [0.717, 1.165) is 18.8 Å². The Kier molecular flexibility index (Phi) is 6.52. The molecule has 0 aliphatic heterocycles. The van der Waals surface area contributed by atoms with E-state index in [2.05, 4.69) is 20.6 Å². The number of carbonyl (C=O) groups is 2. The molecule has 7 heteroatoms. The van der Waals surface area contributed by atoms with Crippen molar-refractivity contribution in [2.75, 3.05) is 29.1 Å². The van der Waals surface area contributed by atoms with Gasteiger partial charge in [-0.25, -0.2) is 4.98 Å². The van der Waals surface area contributed by atoms with Crippen molar-refractivity contribution in [2.45, 2.75) is 13.3 Å². The zero-order valence-electron chi connectivity index (χ0n) is 16.4. The van der Waals surface area contributed by atoms with Gasteiger partial charge in [-0.1, -0.05) is 0 Å². The van der Waals surface area contributed by atoms with Crippen LogP contribution in [0.25, 0.3) is 0 Å². The van der Waals surface area contributed by atoms with Gasteiger partial charge in [0.2, 0.25) is 5.91 Å². The third-order valence-corrected chi connectivity index (χ3v) is 4.35. The maximum absolute atomic E-state index is 12.4. The van der Waals surface area contributed by atoms with Crippen LogP contribution >= 0.6 is 0 Å². The first-order valence-corrected chi connectivity index (χ1v) is 9.26. The van der Waals surface area contributed by atoms with Crippen LogP contribution in [0.15, 0.2) is 67.1 Å². The van der Waals surface area contributed by atoms with Gasteiger partial charge < -0.3 is 15.5 Å². The van der Waals surface area contributed by atoms with Crippen LogP contribution in [-0.2, 0) is 11.2 Å². The second-order valence-corrected chi connectivity index (χ2v) is 6.64. The molecule has 0 atom stereocenters. The number of amides is 2. The standard InChI is InChI=1S/C22H23N5O2/c1-16(28)25-19-4-6-20(7-5-19)26-22(29)18-3-8-21(24-15-18)27(2)14-11-17-9-12-23-13-10-17/h3-10,12-13,15H,11,14H2,1-2H3,(H,25,28)(H,26,29). The van der Waals surface area contributed by atoms with E-state index in [1.54, 1.807) is 48.9 Å². The summed E-state index contributed by atoms with van der Waals surface area (Å²) in [6.45, 7) is 2.26. The number of hydrogen-bond acceptors (Lipinski definition) is 5. The smallest absolute Gasteiger partial charge is 0.257 e. The molecule has 0 spiro atoms. The van der Waals surface area contributed by atoms with Crippen molar-refractivity contribution >= 4 is 29.0 Å². The summed E-state index contributed by atoms with van der Waals surface area (Å²) in [4.78, 5) is 34.0. The van der Waals surface area contributed by atoms with Crippen LogP contribution in [0.3, 0.4) is 0 Å². The van der Waals surface area contributed by atoms with Crippen LogP contribution in [0.2, 0.25) is 0 Å². The molecule has 2 heterocycles. The van der Waals surface area contributed by atoms with Crippen molar-refractivity contribution in [1.82, 2.24) is 9.97 Å². The van der Waals surface area contributed by atoms with Crippen LogP contribution in [0, 0.1) is 0 Å². The van der Waals surface area contributed by atoms with Gasteiger partial charge in [0.1, 0.15) is 5.82 Å². The van der Waals surface area contributed by atoms with Gasteiger partial charge >= 0.3 is 0 Å². The monoisotopic (exact) mass is 389 g/mol. The van der Waals surface area contributed by atoms with E-state index in [9.17, 15) is 9.59 Å². The summed E-state index contributed by atoms with van der Waals surface area (Å²) in [5.74, 6) is 0.421. The Labute approximate surface area is 169 Å². The van der Waals surface area contributed by atoms with Crippen molar-refractivity contribution in [3.05, 3.63) is 78.2 Å². The lowest BCUT2D eigenvalue weighted by molar-refractivity contribution is -0.114. The molecule has 148 valence electrons. The van der Waals surface area contributed by atoms with Crippen molar-refractivity contribution in [2.24, 2.45) is 0 Å². The number of likely N-dealkylation sites (N-methyl/N-ethyl adjacent to an activating group) is 1. The molecule has 2 N–H and O–H groups in total. The van der Waals surface area contributed by atoms with Gasteiger partial charge in [0, 0.05) is 50.5 Å². The molecule has 0 saturated carbocycles. The lowest BCUT2D eigenvalue weighted by Gasteiger charge is -2.18. The third kappa shape index (κ3) is 5.87. The Morgan fingerprint density at radius 3 is 2.17 bits per heavy atom. The minimum atomic E-state index is -0.240. The molecule has 2 amide bonds. The predicted octanol–water partition coefficient (Wildman–Crippen LogP) is 3.37. The van der Waals surface area contributed by atoms with E-state index in [0.29, 0.717) is 16.9 Å². The summed E-state index contributed by atoms with van der Waals surface area (Å²) in [7, 11) is 1.97. The minimum Gasteiger partial charge on any atom is -0.359 e. The molecule has 3 rings (SSSR count). The number of hydrogen-bond donors (Lipinski definition) is 2. The average molecular weight is 389 g/mol. The molecule has 0 bridgehead atoms. The highest BCUT2D eigenvalue weighted by atomic mass is 16.2. The fourth-order valence-electron chi connectivity index (χ4n) is 2.75. The number of carbonyl (C=O) groups excluding carboxylic acids is 2. The molecular formula is C22H23N5O2. The second kappa shape index (κ2) is 9.45. The normalized spacial score (nSPS) is 10.3.